The molecule has 1 aliphatic carbocycles. The summed E-state index contributed by atoms with van der Waals surface area (Å²) in [6.45, 7) is 1.67. The molecule has 1 aromatic carbocycles. The van der Waals surface area contributed by atoms with Crippen LogP contribution in [0.25, 0.3) is 10.9 Å². The van der Waals surface area contributed by atoms with Crippen molar-refractivity contribution in [2.45, 2.75) is 18.9 Å². The van der Waals surface area contributed by atoms with Gasteiger partial charge in [-0.15, -0.1) is 0 Å². The molecule has 1 aliphatic rings. The van der Waals surface area contributed by atoms with Crippen molar-refractivity contribution in [3.8, 4) is 0 Å². The second-order valence-electron chi connectivity index (χ2n) is 5.58. The van der Waals surface area contributed by atoms with Crippen LogP contribution in [0.2, 0.25) is 0 Å². The zero-order chi connectivity index (χ0) is 14.1. The number of hydrogen-bond donors (Lipinski definition) is 1. The summed E-state index contributed by atoms with van der Waals surface area (Å²) in [5, 5.41) is 7.89. The SMILES string of the molecule is CN(CCN(C)C1CC1)C(=O)c1cccc2cn[nH]c12. The first-order valence-corrected chi connectivity index (χ1v) is 7.04. The van der Waals surface area contributed by atoms with Gasteiger partial charge in [0.05, 0.1) is 17.3 Å². The van der Waals surface area contributed by atoms with E-state index in [1.54, 1.807) is 11.1 Å². The van der Waals surface area contributed by atoms with E-state index in [1.165, 1.54) is 12.8 Å². The average Bonchev–Trinajstić information content (AvgIpc) is 3.20. The Morgan fingerprint density at radius 3 is 2.90 bits per heavy atom. The van der Waals surface area contributed by atoms with Gasteiger partial charge >= 0.3 is 0 Å². The molecule has 3 rings (SSSR count). The first kappa shape index (κ1) is 13.1. The van der Waals surface area contributed by atoms with Gasteiger partial charge < -0.3 is 9.80 Å². The Hall–Kier alpha value is -1.88. The van der Waals surface area contributed by atoms with Gasteiger partial charge in [-0.05, 0) is 26.0 Å². The highest BCUT2D eigenvalue weighted by atomic mass is 16.2. The highest BCUT2D eigenvalue weighted by Gasteiger charge is 2.26. The smallest absolute Gasteiger partial charge is 0.255 e. The number of carbonyl (C=O) groups excluding carboxylic acids is 1. The number of aromatic nitrogens is 2. The first-order chi connectivity index (χ1) is 9.66. The predicted molar refractivity (Wildman–Crippen MR) is 78.7 cm³/mol. The van der Waals surface area contributed by atoms with E-state index in [4.69, 9.17) is 0 Å². The summed E-state index contributed by atoms with van der Waals surface area (Å²) in [6.07, 6.45) is 4.33. The van der Waals surface area contributed by atoms with Crippen LogP contribution in [0.15, 0.2) is 24.4 Å². The van der Waals surface area contributed by atoms with E-state index in [2.05, 4.69) is 22.1 Å². The zero-order valence-electron chi connectivity index (χ0n) is 12.0. The average molecular weight is 272 g/mol. The first-order valence-electron chi connectivity index (χ1n) is 7.04. The molecule has 0 spiro atoms. The van der Waals surface area contributed by atoms with Crippen LogP contribution in [0.3, 0.4) is 0 Å². The minimum absolute atomic E-state index is 0.0454. The summed E-state index contributed by atoms with van der Waals surface area (Å²) in [5.74, 6) is 0.0454. The fourth-order valence-corrected chi connectivity index (χ4v) is 2.46. The van der Waals surface area contributed by atoms with Crippen molar-refractivity contribution >= 4 is 16.8 Å². The number of carbonyl (C=O) groups is 1. The zero-order valence-corrected chi connectivity index (χ0v) is 12.0. The van der Waals surface area contributed by atoms with Gasteiger partial charge in [-0.3, -0.25) is 9.89 Å². The Bertz CT molecular complexity index is 617. The maximum absolute atomic E-state index is 12.5. The molecule has 1 saturated carbocycles. The van der Waals surface area contributed by atoms with Gasteiger partial charge in [-0.25, -0.2) is 0 Å². The number of para-hydroxylation sites is 1. The van der Waals surface area contributed by atoms with Crippen LogP contribution in [-0.2, 0) is 0 Å². The minimum Gasteiger partial charge on any atom is -0.340 e. The second kappa shape index (κ2) is 5.25. The third kappa shape index (κ3) is 2.54. The summed E-state index contributed by atoms with van der Waals surface area (Å²) in [4.78, 5) is 16.6. The topological polar surface area (TPSA) is 52.2 Å². The van der Waals surface area contributed by atoms with E-state index in [-0.39, 0.29) is 5.91 Å². The normalized spacial score (nSPS) is 14.9. The van der Waals surface area contributed by atoms with Gasteiger partial charge in [0.2, 0.25) is 0 Å². The van der Waals surface area contributed by atoms with Crippen LogP contribution in [0.1, 0.15) is 23.2 Å². The number of H-pyrrole nitrogens is 1. The molecular weight excluding hydrogens is 252 g/mol. The number of rotatable bonds is 5. The predicted octanol–water partition coefficient (Wildman–Crippen LogP) is 1.73. The van der Waals surface area contributed by atoms with Gasteiger partial charge in [0.15, 0.2) is 0 Å². The molecule has 1 aromatic heterocycles. The van der Waals surface area contributed by atoms with E-state index in [0.29, 0.717) is 5.56 Å². The second-order valence-corrected chi connectivity index (χ2v) is 5.58. The third-order valence-corrected chi connectivity index (χ3v) is 4.01. The number of aromatic amines is 1. The van der Waals surface area contributed by atoms with Crippen LogP contribution in [0.4, 0.5) is 0 Å². The van der Waals surface area contributed by atoms with Crippen LogP contribution in [0.5, 0.6) is 0 Å². The molecule has 0 aliphatic heterocycles. The van der Waals surface area contributed by atoms with Gasteiger partial charge in [0.1, 0.15) is 0 Å². The molecule has 2 aromatic rings. The molecule has 1 N–H and O–H groups in total. The number of nitrogens with one attached hydrogen (secondary N) is 1. The molecule has 106 valence electrons. The van der Waals surface area contributed by atoms with Crippen molar-refractivity contribution in [2.24, 2.45) is 0 Å². The summed E-state index contributed by atoms with van der Waals surface area (Å²) >= 11 is 0. The van der Waals surface area contributed by atoms with Crippen molar-refractivity contribution in [2.75, 3.05) is 27.2 Å². The number of amides is 1. The minimum atomic E-state index is 0.0454. The number of likely N-dealkylation sites (N-methyl/N-ethyl adjacent to an activating group) is 2. The number of hydrogen-bond acceptors (Lipinski definition) is 3. The lowest BCUT2D eigenvalue weighted by Crippen LogP contribution is -2.35. The fraction of sp³-hybridized carbons (Fsp3) is 0.467. The summed E-state index contributed by atoms with van der Waals surface area (Å²) in [7, 11) is 3.99. The molecule has 1 amide bonds. The monoisotopic (exact) mass is 272 g/mol. The lowest BCUT2D eigenvalue weighted by atomic mass is 10.1. The standard InChI is InChI=1S/C15H20N4O/c1-18(12-6-7-12)8-9-19(2)15(20)13-5-3-4-11-10-16-17-14(11)13/h3-5,10,12H,6-9H2,1-2H3,(H,16,17). The number of nitrogens with zero attached hydrogens (tertiary/aromatic N) is 3. The van der Waals surface area contributed by atoms with Gasteiger partial charge in [0.25, 0.3) is 5.91 Å². The molecule has 0 bridgehead atoms. The molecular formula is C15H20N4O. The molecule has 5 heteroatoms. The highest BCUT2D eigenvalue weighted by molar-refractivity contribution is 6.05. The summed E-state index contributed by atoms with van der Waals surface area (Å²) in [5.41, 5.74) is 1.51. The Balaban J connectivity index is 1.69. The molecule has 0 radical (unpaired) electrons. The van der Waals surface area contributed by atoms with E-state index in [1.807, 2.05) is 25.2 Å². The number of fused-ring (bicyclic) bond motifs is 1. The molecule has 0 atom stereocenters. The van der Waals surface area contributed by atoms with Crippen molar-refractivity contribution in [3.63, 3.8) is 0 Å². The lowest BCUT2D eigenvalue weighted by Gasteiger charge is -2.22. The van der Waals surface area contributed by atoms with Gasteiger partial charge in [0, 0.05) is 31.6 Å². The molecule has 5 nitrogen and oxygen atoms in total. The third-order valence-electron chi connectivity index (χ3n) is 4.01. The van der Waals surface area contributed by atoms with Gasteiger partial charge in [-0.1, -0.05) is 12.1 Å². The van der Waals surface area contributed by atoms with Crippen molar-refractivity contribution in [1.29, 1.82) is 0 Å². The Kier molecular flexibility index (Phi) is 3.44. The van der Waals surface area contributed by atoms with Crippen molar-refractivity contribution in [1.82, 2.24) is 20.0 Å². The van der Waals surface area contributed by atoms with Crippen molar-refractivity contribution < 1.29 is 4.79 Å². The van der Waals surface area contributed by atoms with E-state index >= 15 is 0 Å². The fourth-order valence-electron chi connectivity index (χ4n) is 2.46. The summed E-state index contributed by atoms with van der Waals surface area (Å²) in [6, 6.07) is 6.44. The Labute approximate surface area is 118 Å². The van der Waals surface area contributed by atoms with Crippen LogP contribution in [-0.4, -0.2) is 59.1 Å². The molecule has 20 heavy (non-hydrogen) atoms. The maximum Gasteiger partial charge on any atom is 0.255 e. The van der Waals surface area contributed by atoms with Crippen LogP contribution < -0.4 is 0 Å². The van der Waals surface area contributed by atoms with Gasteiger partial charge in [-0.2, -0.15) is 5.10 Å². The quantitative estimate of drug-likeness (QED) is 0.902. The van der Waals surface area contributed by atoms with E-state index in [0.717, 1.165) is 30.0 Å². The Morgan fingerprint density at radius 1 is 1.35 bits per heavy atom. The molecule has 1 fully saturated rings. The van der Waals surface area contributed by atoms with E-state index < -0.39 is 0 Å². The molecule has 0 saturated heterocycles. The maximum atomic E-state index is 12.5. The highest BCUT2D eigenvalue weighted by Crippen LogP contribution is 2.25. The molecule has 1 heterocycles. The van der Waals surface area contributed by atoms with Crippen molar-refractivity contribution in [3.05, 3.63) is 30.0 Å². The summed E-state index contributed by atoms with van der Waals surface area (Å²) < 4.78 is 0. The van der Waals surface area contributed by atoms with Crippen LogP contribution >= 0.6 is 0 Å². The lowest BCUT2D eigenvalue weighted by molar-refractivity contribution is 0.0783. The molecule has 0 unspecified atom stereocenters. The van der Waals surface area contributed by atoms with E-state index in [9.17, 15) is 4.79 Å². The number of benzene rings is 1. The largest absolute Gasteiger partial charge is 0.340 e. The van der Waals surface area contributed by atoms with Crippen LogP contribution in [0, 0.1) is 0 Å². The Morgan fingerprint density at radius 2 is 2.15 bits per heavy atom.